The predicted molar refractivity (Wildman–Crippen MR) is 86.9 cm³/mol. The van der Waals surface area contributed by atoms with Crippen LogP contribution in [0.15, 0.2) is 9.59 Å². The van der Waals surface area contributed by atoms with Gasteiger partial charge in [-0.2, -0.15) is 0 Å². The zero-order valence-electron chi connectivity index (χ0n) is 13.2. The van der Waals surface area contributed by atoms with Gasteiger partial charge in [-0.3, -0.25) is 14.3 Å². The minimum atomic E-state index is -0.451. The number of nitrogen functional groups attached to an aromatic ring is 1. The van der Waals surface area contributed by atoms with Gasteiger partial charge >= 0.3 is 5.69 Å². The number of anilines is 2. The topological polar surface area (TPSA) is 96.2 Å². The summed E-state index contributed by atoms with van der Waals surface area (Å²) in [5.41, 5.74) is 5.33. The van der Waals surface area contributed by atoms with Crippen LogP contribution >= 0.6 is 0 Å². The van der Waals surface area contributed by atoms with Crippen molar-refractivity contribution >= 4 is 11.5 Å². The summed E-state index contributed by atoms with van der Waals surface area (Å²) in [5.74, 6) is 0.216. The highest BCUT2D eigenvalue weighted by Gasteiger charge is 2.11. The lowest BCUT2D eigenvalue weighted by Crippen LogP contribution is -2.34. The van der Waals surface area contributed by atoms with Gasteiger partial charge in [0.15, 0.2) is 0 Å². The van der Waals surface area contributed by atoms with E-state index < -0.39 is 11.2 Å². The molecule has 0 amide bonds. The Kier molecular flexibility index (Phi) is 7.01. The van der Waals surface area contributed by atoms with Gasteiger partial charge in [0, 0.05) is 13.1 Å². The first-order valence-corrected chi connectivity index (χ1v) is 7.63. The molecular formula is C14H27N5O2. The number of nitrogens with one attached hydrogen (secondary N) is 2. The van der Waals surface area contributed by atoms with E-state index >= 15 is 0 Å². The summed E-state index contributed by atoms with van der Waals surface area (Å²) in [6.07, 6.45) is 1.69. The zero-order valence-corrected chi connectivity index (χ0v) is 13.2. The Hall–Kier alpha value is -1.76. The Morgan fingerprint density at radius 3 is 2.48 bits per heavy atom. The molecule has 0 aliphatic rings. The van der Waals surface area contributed by atoms with E-state index in [4.69, 9.17) is 5.73 Å². The molecule has 0 aliphatic carbocycles. The van der Waals surface area contributed by atoms with Crippen molar-refractivity contribution in [1.82, 2.24) is 14.5 Å². The Morgan fingerprint density at radius 2 is 1.90 bits per heavy atom. The lowest BCUT2D eigenvalue weighted by atomic mass is 10.3. The molecule has 0 bridgehead atoms. The summed E-state index contributed by atoms with van der Waals surface area (Å²) in [6, 6.07) is 0. The van der Waals surface area contributed by atoms with Gasteiger partial charge in [-0.1, -0.05) is 20.8 Å². The van der Waals surface area contributed by atoms with Crippen LogP contribution in [0.25, 0.3) is 0 Å². The fraction of sp³-hybridized carbons (Fsp3) is 0.714. The maximum atomic E-state index is 11.8. The van der Waals surface area contributed by atoms with Gasteiger partial charge in [-0.05, 0) is 32.5 Å². The third kappa shape index (κ3) is 4.63. The predicted octanol–water partition coefficient (Wildman–Crippen LogP) is 0.673. The fourth-order valence-corrected chi connectivity index (χ4v) is 2.26. The second-order valence-corrected chi connectivity index (χ2v) is 4.98. The van der Waals surface area contributed by atoms with E-state index in [9.17, 15) is 9.59 Å². The van der Waals surface area contributed by atoms with Crippen LogP contribution in [0.3, 0.4) is 0 Å². The maximum Gasteiger partial charge on any atom is 0.330 e. The van der Waals surface area contributed by atoms with Crippen LogP contribution in [0.5, 0.6) is 0 Å². The zero-order chi connectivity index (χ0) is 15.8. The average molecular weight is 297 g/mol. The Balaban J connectivity index is 2.73. The Morgan fingerprint density at radius 1 is 1.24 bits per heavy atom. The third-order valence-electron chi connectivity index (χ3n) is 3.53. The number of aromatic nitrogens is 2. The van der Waals surface area contributed by atoms with Crippen LogP contribution in [-0.2, 0) is 6.54 Å². The average Bonchev–Trinajstić information content (AvgIpc) is 2.46. The highest BCUT2D eigenvalue weighted by molar-refractivity contribution is 5.60. The number of hydrogen-bond acceptors (Lipinski definition) is 5. The third-order valence-corrected chi connectivity index (χ3v) is 3.53. The van der Waals surface area contributed by atoms with Crippen molar-refractivity contribution in [1.29, 1.82) is 0 Å². The molecule has 0 atom stereocenters. The van der Waals surface area contributed by atoms with Crippen molar-refractivity contribution < 1.29 is 0 Å². The normalized spacial score (nSPS) is 11.0. The molecule has 1 aromatic rings. The van der Waals surface area contributed by atoms with Gasteiger partial charge in [0.25, 0.3) is 5.56 Å². The standard InChI is InChI=1S/C14H27N5O2/c1-4-9-19-12(15)11(13(20)17-14(19)21)16-8-7-10-18(5-2)6-3/h16H,4-10,15H2,1-3H3,(H,17,20,21). The summed E-state index contributed by atoms with van der Waals surface area (Å²) in [5, 5.41) is 3.06. The summed E-state index contributed by atoms with van der Waals surface area (Å²) in [6.45, 7) is 10.3. The highest BCUT2D eigenvalue weighted by atomic mass is 16.2. The van der Waals surface area contributed by atoms with Crippen molar-refractivity contribution in [3.63, 3.8) is 0 Å². The molecule has 0 saturated heterocycles. The number of rotatable bonds is 9. The molecular weight excluding hydrogens is 270 g/mol. The van der Waals surface area contributed by atoms with Crippen LogP contribution in [0, 0.1) is 0 Å². The van der Waals surface area contributed by atoms with Crippen LogP contribution in [0.4, 0.5) is 11.5 Å². The molecule has 1 aromatic heterocycles. The van der Waals surface area contributed by atoms with E-state index in [1.165, 1.54) is 4.57 Å². The van der Waals surface area contributed by atoms with Crippen LogP contribution in [0.2, 0.25) is 0 Å². The van der Waals surface area contributed by atoms with Crippen molar-refractivity contribution in [2.24, 2.45) is 0 Å². The Bertz CT molecular complexity index is 545. The minimum absolute atomic E-state index is 0.216. The molecule has 0 saturated carbocycles. The van der Waals surface area contributed by atoms with Gasteiger partial charge in [0.1, 0.15) is 11.5 Å². The molecule has 7 heteroatoms. The molecule has 0 aromatic carbocycles. The largest absolute Gasteiger partial charge is 0.383 e. The van der Waals surface area contributed by atoms with Crippen molar-refractivity contribution in [3.05, 3.63) is 20.8 Å². The van der Waals surface area contributed by atoms with Gasteiger partial charge in [0.2, 0.25) is 0 Å². The summed E-state index contributed by atoms with van der Waals surface area (Å²) in [4.78, 5) is 28.1. The Labute approximate surface area is 125 Å². The maximum absolute atomic E-state index is 11.8. The number of aromatic amines is 1. The van der Waals surface area contributed by atoms with E-state index in [-0.39, 0.29) is 5.82 Å². The second-order valence-electron chi connectivity index (χ2n) is 4.98. The monoisotopic (exact) mass is 297 g/mol. The molecule has 0 aliphatic heterocycles. The first kappa shape index (κ1) is 17.3. The van der Waals surface area contributed by atoms with Gasteiger partial charge in [-0.25, -0.2) is 4.79 Å². The minimum Gasteiger partial charge on any atom is -0.383 e. The molecule has 0 spiro atoms. The molecule has 7 nitrogen and oxygen atoms in total. The van der Waals surface area contributed by atoms with E-state index in [1.807, 2.05) is 6.92 Å². The van der Waals surface area contributed by atoms with E-state index in [0.29, 0.717) is 18.8 Å². The molecule has 1 rings (SSSR count). The summed E-state index contributed by atoms with van der Waals surface area (Å²) < 4.78 is 1.40. The number of nitrogens with zero attached hydrogens (tertiary/aromatic N) is 2. The highest BCUT2D eigenvalue weighted by Crippen LogP contribution is 2.10. The number of H-pyrrole nitrogens is 1. The van der Waals surface area contributed by atoms with Gasteiger partial charge in [-0.15, -0.1) is 0 Å². The van der Waals surface area contributed by atoms with Crippen molar-refractivity contribution in [2.45, 2.75) is 40.2 Å². The number of nitrogens with two attached hydrogens (primary N) is 1. The lowest BCUT2D eigenvalue weighted by Gasteiger charge is -2.18. The first-order valence-electron chi connectivity index (χ1n) is 7.63. The van der Waals surface area contributed by atoms with Gasteiger partial charge in [0.05, 0.1) is 0 Å². The van der Waals surface area contributed by atoms with E-state index in [0.717, 1.165) is 32.5 Å². The van der Waals surface area contributed by atoms with E-state index in [2.05, 4.69) is 29.0 Å². The van der Waals surface area contributed by atoms with Crippen molar-refractivity contribution in [3.8, 4) is 0 Å². The van der Waals surface area contributed by atoms with Crippen molar-refractivity contribution in [2.75, 3.05) is 37.2 Å². The molecule has 1 heterocycles. The molecule has 0 fully saturated rings. The molecule has 0 radical (unpaired) electrons. The fourth-order valence-electron chi connectivity index (χ4n) is 2.26. The molecule has 120 valence electrons. The van der Waals surface area contributed by atoms with Gasteiger partial charge < -0.3 is 16.0 Å². The SMILES string of the molecule is CCCn1c(N)c(NCCCN(CC)CC)c(=O)[nH]c1=O. The smallest absolute Gasteiger partial charge is 0.330 e. The molecule has 0 unspecified atom stereocenters. The summed E-state index contributed by atoms with van der Waals surface area (Å²) >= 11 is 0. The molecule has 4 N–H and O–H groups in total. The lowest BCUT2D eigenvalue weighted by molar-refractivity contribution is 0.303. The second kappa shape index (κ2) is 8.51. The molecule has 21 heavy (non-hydrogen) atoms. The number of hydrogen-bond donors (Lipinski definition) is 3. The van der Waals surface area contributed by atoms with Crippen LogP contribution in [0.1, 0.15) is 33.6 Å². The summed E-state index contributed by atoms with van der Waals surface area (Å²) in [7, 11) is 0. The van der Waals surface area contributed by atoms with Crippen LogP contribution in [-0.4, -0.2) is 40.6 Å². The first-order chi connectivity index (χ1) is 10.0. The quantitative estimate of drug-likeness (QED) is 0.582. The van der Waals surface area contributed by atoms with Crippen LogP contribution < -0.4 is 22.3 Å². The van der Waals surface area contributed by atoms with E-state index in [1.54, 1.807) is 0 Å².